The summed E-state index contributed by atoms with van der Waals surface area (Å²) in [4.78, 5) is 22.7. The van der Waals surface area contributed by atoms with Crippen LogP contribution in [0.3, 0.4) is 0 Å². The molecule has 2 aliphatic heterocycles. The van der Waals surface area contributed by atoms with Crippen molar-refractivity contribution in [1.29, 1.82) is 0 Å². The van der Waals surface area contributed by atoms with E-state index in [-0.39, 0.29) is 36.1 Å². The second-order valence-electron chi connectivity index (χ2n) is 10.1. The van der Waals surface area contributed by atoms with Gasteiger partial charge in [0.05, 0.1) is 18.2 Å². The lowest BCUT2D eigenvalue weighted by Gasteiger charge is -2.45. The van der Waals surface area contributed by atoms with Crippen LogP contribution in [0, 0.1) is 5.41 Å². The summed E-state index contributed by atoms with van der Waals surface area (Å²) in [5.41, 5.74) is 8.04. The lowest BCUT2D eigenvalue weighted by Crippen LogP contribution is -2.60. The van der Waals surface area contributed by atoms with Gasteiger partial charge in [-0.3, -0.25) is 9.79 Å². The monoisotopic (exact) mass is 448 g/mol. The molecule has 0 aromatic heterocycles. The van der Waals surface area contributed by atoms with Crippen LogP contribution >= 0.6 is 0 Å². The van der Waals surface area contributed by atoms with Crippen LogP contribution in [-0.4, -0.2) is 59.9 Å². The number of hydrogen-bond acceptors (Lipinski definition) is 5. The highest BCUT2D eigenvalue weighted by molar-refractivity contribution is 5.94. The molecule has 1 unspecified atom stereocenters. The number of amidine groups is 1. The van der Waals surface area contributed by atoms with Gasteiger partial charge in [0.15, 0.2) is 0 Å². The van der Waals surface area contributed by atoms with Gasteiger partial charge in [0.25, 0.3) is 0 Å². The Hall–Kier alpha value is -2.70. The smallest absolute Gasteiger partial charge is 0.249 e. The first-order valence-electron chi connectivity index (χ1n) is 11.9. The molecule has 2 aromatic rings. The van der Waals surface area contributed by atoms with Gasteiger partial charge in [-0.2, -0.15) is 0 Å². The van der Waals surface area contributed by atoms with Gasteiger partial charge in [-0.15, -0.1) is 0 Å². The number of ether oxygens (including phenoxy) is 1. The van der Waals surface area contributed by atoms with Crippen LogP contribution < -0.4 is 5.73 Å². The molecule has 0 radical (unpaired) electrons. The minimum atomic E-state index is -0.195. The Labute approximate surface area is 197 Å². The number of carbonyl (C=O) groups is 1. The first-order chi connectivity index (χ1) is 15.9. The predicted octanol–water partition coefficient (Wildman–Crippen LogP) is 3.63. The van der Waals surface area contributed by atoms with Gasteiger partial charge < -0.3 is 20.3 Å². The van der Waals surface area contributed by atoms with Gasteiger partial charge in [0, 0.05) is 19.6 Å². The Morgan fingerprint density at radius 3 is 2.36 bits per heavy atom. The van der Waals surface area contributed by atoms with E-state index >= 15 is 0 Å². The summed E-state index contributed by atoms with van der Waals surface area (Å²) in [6, 6.07) is 20.8. The number of rotatable bonds is 7. The zero-order chi connectivity index (χ0) is 23.4. The SMILES string of the molecule is CC(C)(C)[C@H](C1=NC(c2ccccc2)CN1Cc1ccccc1)N1C[C@@H](CCN)OCC1=O. The third-order valence-corrected chi connectivity index (χ3v) is 6.43. The van der Waals surface area contributed by atoms with E-state index < -0.39 is 0 Å². The summed E-state index contributed by atoms with van der Waals surface area (Å²) in [6.07, 6.45) is 0.708. The summed E-state index contributed by atoms with van der Waals surface area (Å²) in [5.74, 6) is 1.01. The van der Waals surface area contributed by atoms with Gasteiger partial charge in [-0.25, -0.2) is 0 Å². The van der Waals surface area contributed by atoms with Crippen LogP contribution in [0.25, 0.3) is 0 Å². The fraction of sp³-hybridized carbons (Fsp3) is 0.481. The topological polar surface area (TPSA) is 71.2 Å². The molecule has 1 amide bonds. The van der Waals surface area contributed by atoms with E-state index in [0.29, 0.717) is 13.1 Å². The van der Waals surface area contributed by atoms with Crippen molar-refractivity contribution in [3.05, 3.63) is 71.8 Å². The largest absolute Gasteiger partial charge is 0.367 e. The molecular formula is C27H36N4O2. The van der Waals surface area contributed by atoms with Crippen molar-refractivity contribution < 1.29 is 9.53 Å². The van der Waals surface area contributed by atoms with E-state index in [2.05, 4.69) is 74.2 Å². The summed E-state index contributed by atoms with van der Waals surface area (Å²) in [7, 11) is 0. The average molecular weight is 449 g/mol. The minimum absolute atomic E-state index is 0.0220. The molecule has 2 aliphatic rings. The van der Waals surface area contributed by atoms with Crippen molar-refractivity contribution in [3.8, 4) is 0 Å². The summed E-state index contributed by atoms with van der Waals surface area (Å²) < 4.78 is 5.77. The maximum atomic E-state index is 13.1. The summed E-state index contributed by atoms with van der Waals surface area (Å²) in [6.45, 7) is 9.33. The van der Waals surface area contributed by atoms with Crippen LogP contribution in [0.4, 0.5) is 0 Å². The van der Waals surface area contributed by atoms with Crippen LogP contribution in [-0.2, 0) is 16.1 Å². The lowest BCUT2D eigenvalue weighted by atomic mass is 9.83. The normalized spacial score (nSPS) is 22.4. The molecule has 6 nitrogen and oxygen atoms in total. The van der Waals surface area contributed by atoms with Crippen molar-refractivity contribution in [2.75, 3.05) is 26.2 Å². The quantitative estimate of drug-likeness (QED) is 0.702. The first kappa shape index (κ1) is 23.5. The molecule has 0 bridgehead atoms. The number of morpholine rings is 1. The van der Waals surface area contributed by atoms with E-state index in [9.17, 15) is 4.79 Å². The van der Waals surface area contributed by atoms with Gasteiger partial charge in [0.1, 0.15) is 12.4 Å². The molecule has 0 aliphatic carbocycles. The molecule has 176 valence electrons. The predicted molar refractivity (Wildman–Crippen MR) is 132 cm³/mol. The van der Waals surface area contributed by atoms with Gasteiger partial charge in [-0.05, 0) is 29.5 Å². The maximum absolute atomic E-state index is 13.1. The fourth-order valence-electron chi connectivity index (χ4n) is 4.88. The molecule has 3 atom stereocenters. The van der Waals surface area contributed by atoms with Crippen molar-refractivity contribution >= 4 is 11.7 Å². The second kappa shape index (κ2) is 10.1. The van der Waals surface area contributed by atoms with Gasteiger partial charge in [-0.1, -0.05) is 81.4 Å². The van der Waals surface area contributed by atoms with Crippen LogP contribution in [0.15, 0.2) is 65.7 Å². The molecular weight excluding hydrogens is 412 g/mol. The third kappa shape index (κ3) is 5.45. The Balaban J connectivity index is 1.71. The van der Waals surface area contributed by atoms with Gasteiger partial charge in [0.2, 0.25) is 5.91 Å². The Kier molecular flexibility index (Phi) is 7.15. The molecule has 1 saturated heterocycles. The van der Waals surface area contributed by atoms with Crippen LogP contribution in [0.2, 0.25) is 0 Å². The molecule has 2 heterocycles. The highest BCUT2D eigenvalue weighted by atomic mass is 16.5. The summed E-state index contributed by atoms with van der Waals surface area (Å²) >= 11 is 0. The van der Waals surface area contributed by atoms with Gasteiger partial charge >= 0.3 is 0 Å². The van der Waals surface area contributed by atoms with E-state index in [0.717, 1.165) is 25.3 Å². The van der Waals surface area contributed by atoms with Crippen LogP contribution in [0.1, 0.15) is 44.4 Å². The maximum Gasteiger partial charge on any atom is 0.249 e. The average Bonchev–Trinajstić information content (AvgIpc) is 3.19. The number of carbonyl (C=O) groups excluding carboxylic acids is 1. The lowest BCUT2D eigenvalue weighted by molar-refractivity contribution is -0.153. The summed E-state index contributed by atoms with van der Waals surface area (Å²) in [5, 5.41) is 0. The number of aliphatic imine (C=N–C) groups is 1. The molecule has 6 heteroatoms. The number of benzene rings is 2. The zero-order valence-electron chi connectivity index (χ0n) is 20.0. The number of nitrogens with two attached hydrogens (primary N) is 1. The molecule has 33 heavy (non-hydrogen) atoms. The van der Waals surface area contributed by atoms with E-state index in [1.54, 1.807) is 0 Å². The highest BCUT2D eigenvalue weighted by Crippen LogP contribution is 2.35. The highest BCUT2D eigenvalue weighted by Gasteiger charge is 2.44. The van der Waals surface area contributed by atoms with Crippen molar-refractivity contribution in [2.24, 2.45) is 16.1 Å². The molecule has 2 N–H and O–H groups in total. The number of amides is 1. The Morgan fingerprint density at radius 1 is 1.06 bits per heavy atom. The van der Waals surface area contributed by atoms with Crippen molar-refractivity contribution in [2.45, 2.75) is 51.9 Å². The van der Waals surface area contributed by atoms with Crippen molar-refractivity contribution in [3.63, 3.8) is 0 Å². The molecule has 2 aromatic carbocycles. The molecule has 0 spiro atoms. The van der Waals surface area contributed by atoms with E-state index in [4.69, 9.17) is 15.5 Å². The number of hydrogen-bond donors (Lipinski definition) is 1. The number of nitrogens with zero attached hydrogens (tertiary/aromatic N) is 3. The molecule has 4 rings (SSSR count). The second-order valence-corrected chi connectivity index (χ2v) is 10.1. The van der Waals surface area contributed by atoms with Crippen LogP contribution in [0.5, 0.6) is 0 Å². The minimum Gasteiger partial charge on any atom is -0.367 e. The standard InChI is InChI=1S/C27H36N4O2/c1-27(2,3)25(31-17-22(14-15-28)33-19-24(31)32)26-29-23(21-12-8-5-9-13-21)18-30(26)16-20-10-6-4-7-11-20/h4-13,22-23,25H,14-19,28H2,1-3H3/t22-,23?,25+/m1/s1. The van der Waals surface area contributed by atoms with E-state index in [1.807, 2.05) is 17.0 Å². The van der Waals surface area contributed by atoms with E-state index in [1.165, 1.54) is 11.1 Å². The Bertz CT molecular complexity index is 955. The van der Waals surface area contributed by atoms with Crippen molar-refractivity contribution in [1.82, 2.24) is 9.80 Å². The third-order valence-electron chi connectivity index (χ3n) is 6.43. The Morgan fingerprint density at radius 2 is 1.73 bits per heavy atom. The molecule has 1 fully saturated rings. The first-order valence-corrected chi connectivity index (χ1v) is 11.9. The molecule has 0 saturated carbocycles. The fourth-order valence-corrected chi connectivity index (χ4v) is 4.88. The zero-order valence-corrected chi connectivity index (χ0v) is 20.0.